The molecule has 0 aromatic carbocycles. The van der Waals surface area contributed by atoms with Crippen molar-refractivity contribution in [2.24, 2.45) is 0 Å². The third kappa shape index (κ3) is 1.76. The van der Waals surface area contributed by atoms with Crippen LogP contribution in [-0.4, -0.2) is 16.1 Å². The Hall–Kier alpha value is -1.62. The zero-order valence-corrected chi connectivity index (χ0v) is 10.1. The van der Waals surface area contributed by atoms with E-state index in [1.807, 2.05) is 13.0 Å². The summed E-state index contributed by atoms with van der Waals surface area (Å²) in [4.78, 5) is 16.0. The number of nitrogens with zero attached hydrogens (tertiary/aromatic N) is 1. The second-order valence-corrected chi connectivity index (χ2v) is 5.20. The summed E-state index contributed by atoms with van der Waals surface area (Å²) in [6, 6.07) is 1.83. The lowest BCUT2D eigenvalue weighted by Gasteiger charge is -1.92. The average Bonchev–Trinajstić information content (AvgIpc) is 2.88. The van der Waals surface area contributed by atoms with E-state index < -0.39 is 5.97 Å². The van der Waals surface area contributed by atoms with Crippen LogP contribution in [0.2, 0.25) is 0 Å². The van der Waals surface area contributed by atoms with E-state index in [2.05, 4.69) is 4.98 Å². The molecule has 2 heterocycles. The molecule has 88 valence electrons. The fourth-order valence-electron chi connectivity index (χ4n) is 1.84. The summed E-state index contributed by atoms with van der Waals surface area (Å²) in [5.74, 6) is 0.244. The van der Waals surface area contributed by atoms with Crippen molar-refractivity contribution in [1.29, 1.82) is 0 Å². The van der Waals surface area contributed by atoms with E-state index >= 15 is 0 Å². The molecule has 0 aliphatic heterocycles. The van der Waals surface area contributed by atoms with E-state index in [0.29, 0.717) is 10.8 Å². The molecule has 2 aromatic heterocycles. The number of hydrogen-bond donors (Lipinski definition) is 1. The molecule has 1 aliphatic rings. The van der Waals surface area contributed by atoms with Gasteiger partial charge in [-0.05, 0) is 25.8 Å². The van der Waals surface area contributed by atoms with Crippen molar-refractivity contribution in [2.75, 3.05) is 0 Å². The van der Waals surface area contributed by atoms with Crippen LogP contribution >= 0.6 is 11.3 Å². The highest BCUT2D eigenvalue weighted by atomic mass is 32.1. The Morgan fingerprint density at radius 1 is 1.59 bits per heavy atom. The first-order valence-electron chi connectivity index (χ1n) is 5.45. The predicted molar refractivity (Wildman–Crippen MR) is 63.5 cm³/mol. The molecular formula is C12H11NO3S. The Labute approximate surface area is 102 Å². The molecule has 2 aromatic rings. The molecule has 4 nitrogen and oxygen atoms in total. The highest BCUT2D eigenvalue weighted by molar-refractivity contribution is 7.17. The van der Waals surface area contributed by atoms with Crippen molar-refractivity contribution in [3.8, 4) is 10.6 Å². The van der Waals surface area contributed by atoms with Gasteiger partial charge in [-0.3, -0.25) is 0 Å². The molecule has 5 heteroatoms. The molecular weight excluding hydrogens is 238 g/mol. The molecule has 1 N–H and O–H groups in total. The smallest absolute Gasteiger partial charge is 0.347 e. The number of aromatic carboxylic acids is 1. The van der Waals surface area contributed by atoms with Gasteiger partial charge in [0.2, 0.25) is 0 Å². The van der Waals surface area contributed by atoms with Crippen molar-refractivity contribution in [3.05, 3.63) is 28.7 Å². The van der Waals surface area contributed by atoms with Gasteiger partial charge in [-0.1, -0.05) is 0 Å². The van der Waals surface area contributed by atoms with Gasteiger partial charge < -0.3 is 9.52 Å². The van der Waals surface area contributed by atoms with Gasteiger partial charge in [0.25, 0.3) is 0 Å². The minimum atomic E-state index is -0.878. The first-order valence-corrected chi connectivity index (χ1v) is 6.27. The van der Waals surface area contributed by atoms with Crippen LogP contribution in [0.3, 0.4) is 0 Å². The number of aryl methyl sites for hydroxylation is 1. The SMILES string of the molecule is Cc1occc1-c1nc(C2CC2)c(C(=O)O)s1. The predicted octanol–water partition coefficient (Wildman–Crippen LogP) is 3.29. The van der Waals surface area contributed by atoms with Gasteiger partial charge in [0.05, 0.1) is 17.5 Å². The maximum absolute atomic E-state index is 11.2. The molecule has 0 amide bonds. The Kier molecular flexibility index (Phi) is 2.29. The lowest BCUT2D eigenvalue weighted by Crippen LogP contribution is -1.97. The Morgan fingerprint density at radius 3 is 2.88 bits per heavy atom. The molecule has 0 spiro atoms. The van der Waals surface area contributed by atoms with Gasteiger partial charge in [-0.15, -0.1) is 11.3 Å². The van der Waals surface area contributed by atoms with Crippen LogP contribution in [0.5, 0.6) is 0 Å². The standard InChI is InChI=1S/C12H11NO3S/c1-6-8(4-5-16-6)11-13-9(7-2-3-7)10(17-11)12(14)15/h4-5,7H,2-3H2,1H3,(H,14,15). The topological polar surface area (TPSA) is 63.3 Å². The Morgan fingerprint density at radius 2 is 2.35 bits per heavy atom. The molecule has 1 aliphatic carbocycles. The zero-order chi connectivity index (χ0) is 12.0. The van der Waals surface area contributed by atoms with Crippen LogP contribution in [0.4, 0.5) is 0 Å². The summed E-state index contributed by atoms with van der Waals surface area (Å²) in [7, 11) is 0. The fraction of sp³-hybridized carbons (Fsp3) is 0.333. The summed E-state index contributed by atoms with van der Waals surface area (Å²) < 4.78 is 5.22. The second-order valence-electron chi connectivity index (χ2n) is 4.20. The van der Waals surface area contributed by atoms with Crippen molar-refractivity contribution in [2.45, 2.75) is 25.7 Å². The number of thiazole rings is 1. The van der Waals surface area contributed by atoms with Crippen molar-refractivity contribution >= 4 is 17.3 Å². The van der Waals surface area contributed by atoms with Gasteiger partial charge in [0.1, 0.15) is 15.6 Å². The lowest BCUT2D eigenvalue weighted by atomic mass is 10.2. The van der Waals surface area contributed by atoms with Crippen LogP contribution in [0.25, 0.3) is 10.6 Å². The molecule has 1 fully saturated rings. The minimum absolute atomic E-state index is 0.346. The number of hydrogen-bond acceptors (Lipinski definition) is 4. The van der Waals surface area contributed by atoms with E-state index in [9.17, 15) is 4.79 Å². The third-order valence-corrected chi connectivity index (χ3v) is 3.99. The van der Waals surface area contributed by atoms with Crippen LogP contribution in [0, 0.1) is 6.92 Å². The third-order valence-electron chi connectivity index (χ3n) is 2.90. The molecule has 0 saturated heterocycles. The maximum atomic E-state index is 11.2. The summed E-state index contributed by atoms with van der Waals surface area (Å²) in [5.41, 5.74) is 1.64. The van der Waals surface area contributed by atoms with Crippen molar-refractivity contribution < 1.29 is 14.3 Å². The van der Waals surface area contributed by atoms with Crippen LogP contribution in [0.1, 0.15) is 39.9 Å². The quantitative estimate of drug-likeness (QED) is 0.906. The van der Waals surface area contributed by atoms with Crippen molar-refractivity contribution in [3.63, 3.8) is 0 Å². The van der Waals surface area contributed by atoms with E-state index in [0.717, 1.165) is 34.9 Å². The van der Waals surface area contributed by atoms with Gasteiger partial charge in [-0.2, -0.15) is 0 Å². The maximum Gasteiger partial charge on any atom is 0.347 e. The normalized spacial score (nSPS) is 15.1. The number of carboxylic acid groups (broad SMARTS) is 1. The largest absolute Gasteiger partial charge is 0.477 e. The summed E-state index contributed by atoms with van der Waals surface area (Å²) in [6.45, 7) is 1.86. The molecule has 0 radical (unpaired) electrons. The Bertz CT molecular complexity index is 580. The van der Waals surface area contributed by atoms with Gasteiger partial charge in [-0.25, -0.2) is 9.78 Å². The molecule has 1 saturated carbocycles. The first-order chi connectivity index (χ1) is 8.16. The van der Waals surface area contributed by atoms with Gasteiger partial charge in [0, 0.05) is 5.92 Å². The zero-order valence-electron chi connectivity index (χ0n) is 9.27. The number of furan rings is 1. The van der Waals surface area contributed by atoms with Crippen LogP contribution in [0.15, 0.2) is 16.7 Å². The Balaban J connectivity index is 2.10. The second kappa shape index (κ2) is 3.70. The number of aromatic nitrogens is 1. The van der Waals surface area contributed by atoms with Gasteiger partial charge >= 0.3 is 5.97 Å². The van der Waals surface area contributed by atoms with E-state index in [-0.39, 0.29) is 0 Å². The number of carboxylic acids is 1. The molecule has 0 atom stereocenters. The average molecular weight is 249 g/mol. The number of rotatable bonds is 3. The van der Waals surface area contributed by atoms with Gasteiger partial charge in [0.15, 0.2) is 0 Å². The monoisotopic (exact) mass is 249 g/mol. The van der Waals surface area contributed by atoms with E-state index in [4.69, 9.17) is 9.52 Å². The fourth-order valence-corrected chi connectivity index (χ4v) is 2.90. The van der Waals surface area contributed by atoms with Crippen LogP contribution in [-0.2, 0) is 0 Å². The summed E-state index contributed by atoms with van der Waals surface area (Å²) in [5, 5.41) is 9.92. The minimum Gasteiger partial charge on any atom is -0.477 e. The molecule has 3 rings (SSSR count). The van der Waals surface area contributed by atoms with E-state index in [1.54, 1.807) is 6.26 Å². The number of carbonyl (C=O) groups is 1. The molecule has 0 unspecified atom stereocenters. The van der Waals surface area contributed by atoms with Crippen molar-refractivity contribution in [1.82, 2.24) is 4.98 Å². The lowest BCUT2D eigenvalue weighted by molar-refractivity contribution is 0.0700. The highest BCUT2D eigenvalue weighted by Crippen LogP contribution is 2.44. The molecule has 17 heavy (non-hydrogen) atoms. The summed E-state index contributed by atoms with van der Waals surface area (Å²) >= 11 is 1.24. The first kappa shape index (κ1) is 10.5. The molecule has 0 bridgehead atoms. The van der Waals surface area contributed by atoms with Crippen LogP contribution < -0.4 is 0 Å². The van der Waals surface area contributed by atoms with E-state index in [1.165, 1.54) is 11.3 Å². The highest BCUT2D eigenvalue weighted by Gasteiger charge is 2.32. The summed E-state index contributed by atoms with van der Waals surface area (Å²) in [6.07, 6.45) is 3.70.